The fourth-order valence-corrected chi connectivity index (χ4v) is 5.42. The molecule has 0 saturated heterocycles. The first-order chi connectivity index (χ1) is 12.4. The average Bonchev–Trinajstić information content (AvgIpc) is 2.90. The number of rotatable bonds is 5. The largest absolute Gasteiger partial charge is 0.385 e. The first kappa shape index (κ1) is 19.3. The Kier molecular flexibility index (Phi) is 5.95. The van der Waals surface area contributed by atoms with Crippen LogP contribution in [0.4, 0.5) is 5.69 Å². The monoisotopic (exact) mass is 408 g/mol. The van der Waals surface area contributed by atoms with Crippen LogP contribution in [0.3, 0.4) is 0 Å². The van der Waals surface area contributed by atoms with Crippen LogP contribution in [0.5, 0.6) is 0 Å². The van der Waals surface area contributed by atoms with Gasteiger partial charge in [0.05, 0.1) is 14.3 Å². The number of halogens is 1. The predicted octanol–water partition coefficient (Wildman–Crippen LogP) is 5.46. The highest BCUT2D eigenvalue weighted by Crippen LogP contribution is 2.46. The molecule has 0 aliphatic heterocycles. The quantitative estimate of drug-likeness (QED) is 0.528. The highest BCUT2D eigenvalue weighted by atomic mass is 35.5. The van der Waals surface area contributed by atoms with Crippen molar-refractivity contribution in [1.29, 1.82) is 0 Å². The number of hydrogen-bond donors (Lipinski definition) is 1. The number of hydrogen-bond acceptors (Lipinski definition) is 5. The number of nitrogens with zero attached hydrogens (tertiary/aromatic N) is 1. The van der Waals surface area contributed by atoms with Gasteiger partial charge in [-0.05, 0) is 42.2 Å². The molecule has 7 heteroatoms. The van der Waals surface area contributed by atoms with Crippen molar-refractivity contribution in [3.8, 4) is 0 Å². The van der Waals surface area contributed by atoms with Crippen LogP contribution in [0, 0.1) is 5.41 Å². The molecule has 1 aromatic heterocycles. The predicted molar refractivity (Wildman–Crippen MR) is 111 cm³/mol. The topological polar surface area (TPSA) is 50.7 Å². The van der Waals surface area contributed by atoms with Crippen molar-refractivity contribution in [3.05, 3.63) is 45.8 Å². The first-order valence-electron chi connectivity index (χ1n) is 8.29. The Balaban J connectivity index is 1.73. The molecule has 0 bridgehead atoms. The Morgan fingerprint density at radius 3 is 2.77 bits per heavy atom. The van der Waals surface area contributed by atoms with Crippen molar-refractivity contribution in [3.63, 3.8) is 0 Å². The lowest BCUT2D eigenvalue weighted by Gasteiger charge is -2.30. The second-order valence-electron chi connectivity index (χ2n) is 6.96. The highest BCUT2D eigenvalue weighted by Gasteiger charge is 2.35. The second kappa shape index (κ2) is 8.03. The third-order valence-corrected chi connectivity index (χ3v) is 6.73. The summed E-state index contributed by atoms with van der Waals surface area (Å²) >= 11 is 9.71. The standard InChI is InChI=1S/C19H21ClN2O2S2/c1-19(2)9-13-16(18(25-3)26-17(13)20)14(10-19)22-24-11-15(23)21-12-7-5-4-6-8-12/h4-8H,9-11H2,1-3H3,(H,21,23)/b22-14-. The van der Waals surface area contributed by atoms with Gasteiger partial charge in [-0.1, -0.05) is 48.8 Å². The Hall–Kier alpha value is -1.50. The van der Waals surface area contributed by atoms with Crippen LogP contribution in [0.2, 0.25) is 4.34 Å². The molecule has 3 rings (SSSR count). The van der Waals surface area contributed by atoms with Gasteiger partial charge >= 0.3 is 0 Å². The highest BCUT2D eigenvalue weighted by molar-refractivity contribution is 8.00. The zero-order valence-electron chi connectivity index (χ0n) is 15.0. The number of para-hydroxylation sites is 1. The Morgan fingerprint density at radius 1 is 1.35 bits per heavy atom. The molecule has 1 aromatic carbocycles. The van der Waals surface area contributed by atoms with Gasteiger partial charge in [0.2, 0.25) is 0 Å². The molecule has 1 heterocycles. The second-order valence-corrected chi connectivity index (χ2v) is 9.66. The van der Waals surface area contributed by atoms with Crippen LogP contribution >= 0.6 is 34.7 Å². The maximum Gasteiger partial charge on any atom is 0.265 e. The minimum Gasteiger partial charge on any atom is -0.385 e. The lowest BCUT2D eigenvalue weighted by atomic mass is 9.75. The van der Waals surface area contributed by atoms with E-state index in [2.05, 4.69) is 24.3 Å². The molecule has 1 amide bonds. The molecule has 0 fully saturated rings. The fourth-order valence-electron chi connectivity index (χ4n) is 3.06. The molecule has 26 heavy (non-hydrogen) atoms. The number of amides is 1. The van der Waals surface area contributed by atoms with E-state index in [1.54, 1.807) is 23.1 Å². The summed E-state index contributed by atoms with van der Waals surface area (Å²) in [6, 6.07) is 9.30. The average molecular weight is 409 g/mol. The molecular weight excluding hydrogens is 388 g/mol. The van der Waals surface area contributed by atoms with Crippen LogP contribution < -0.4 is 5.32 Å². The number of thioether (sulfide) groups is 1. The van der Waals surface area contributed by atoms with E-state index in [1.807, 2.05) is 36.6 Å². The van der Waals surface area contributed by atoms with E-state index in [0.717, 1.165) is 43.9 Å². The van der Waals surface area contributed by atoms with Gasteiger partial charge in [-0.15, -0.1) is 23.1 Å². The summed E-state index contributed by atoms with van der Waals surface area (Å²) in [5.74, 6) is -0.232. The number of benzene rings is 1. The normalized spacial score (nSPS) is 17.0. The van der Waals surface area contributed by atoms with E-state index >= 15 is 0 Å². The van der Waals surface area contributed by atoms with Crippen LogP contribution in [0.15, 0.2) is 39.7 Å². The minimum absolute atomic E-state index is 0.0574. The third-order valence-electron chi connectivity index (χ3n) is 4.13. The van der Waals surface area contributed by atoms with E-state index in [0.29, 0.717) is 0 Å². The van der Waals surface area contributed by atoms with E-state index in [4.69, 9.17) is 16.4 Å². The van der Waals surface area contributed by atoms with Crippen LogP contribution in [0.1, 0.15) is 31.4 Å². The van der Waals surface area contributed by atoms with Gasteiger partial charge in [-0.3, -0.25) is 4.79 Å². The van der Waals surface area contributed by atoms with Gasteiger partial charge in [-0.25, -0.2) is 0 Å². The molecule has 0 spiro atoms. The molecule has 0 atom stereocenters. The lowest BCUT2D eigenvalue weighted by Crippen LogP contribution is -2.27. The number of nitrogens with one attached hydrogen (secondary N) is 1. The minimum atomic E-state index is -0.232. The van der Waals surface area contributed by atoms with Crippen molar-refractivity contribution < 1.29 is 9.63 Å². The molecule has 1 aliphatic carbocycles. The number of fused-ring (bicyclic) bond motifs is 1. The smallest absolute Gasteiger partial charge is 0.265 e. The number of thiophene rings is 1. The van der Waals surface area contributed by atoms with E-state index in [9.17, 15) is 4.79 Å². The molecule has 4 nitrogen and oxygen atoms in total. The van der Waals surface area contributed by atoms with Gasteiger partial charge in [0.15, 0.2) is 6.61 Å². The zero-order chi connectivity index (χ0) is 18.7. The SMILES string of the molecule is CSc1sc(Cl)c2c1/C(=N\OCC(=O)Nc1ccccc1)CC(C)(C)C2. The molecule has 2 aromatic rings. The van der Waals surface area contributed by atoms with Gasteiger partial charge < -0.3 is 10.2 Å². The summed E-state index contributed by atoms with van der Waals surface area (Å²) < 4.78 is 1.98. The molecule has 0 saturated carbocycles. The van der Waals surface area contributed by atoms with E-state index < -0.39 is 0 Å². The van der Waals surface area contributed by atoms with Crippen LogP contribution in [-0.4, -0.2) is 24.5 Å². The van der Waals surface area contributed by atoms with Crippen molar-refractivity contribution >= 4 is 52.0 Å². The van der Waals surface area contributed by atoms with Gasteiger partial charge in [0.1, 0.15) is 0 Å². The molecule has 0 unspecified atom stereocenters. The Labute approximate surface area is 167 Å². The number of carbonyl (C=O) groups is 1. The Morgan fingerprint density at radius 2 is 2.08 bits per heavy atom. The van der Waals surface area contributed by atoms with Gasteiger partial charge in [-0.2, -0.15) is 0 Å². The number of oxime groups is 1. The van der Waals surface area contributed by atoms with Gasteiger partial charge in [0, 0.05) is 11.3 Å². The third kappa shape index (κ3) is 4.42. The van der Waals surface area contributed by atoms with Crippen molar-refractivity contribution in [1.82, 2.24) is 0 Å². The summed E-state index contributed by atoms with van der Waals surface area (Å²) in [6.07, 6.45) is 3.75. The van der Waals surface area contributed by atoms with Crippen molar-refractivity contribution in [2.75, 3.05) is 18.2 Å². The van der Waals surface area contributed by atoms with Crippen LogP contribution in [-0.2, 0) is 16.1 Å². The molecule has 0 radical (unpaired) electrons. The molecule has 1 N–H and O–H groups in total. The summed E-state index contributed by atoms with van der Waals surface area (Å²) in [6.45, 7) is 4.27. The molecular formula is C19H21ClN2O2S2. The van der Waals surface area contributed by atoms with E-state index in [-0.39, 0.29) is 17.9 Å². The maximum atomic E-state index is 12.0. The molecule has 138 valence electrons. The zero-order valence-corrected chi connectivity index (χ0v) is 17.4. The summed E-state index contributed by atoms with van der Waals surface area (Å²) in [5.41, 5.74) is 3.91. The van der Waals surface area contributed by atoms with E-state index in [1.165, 1.54) is 0 Å². The number of anilines is 1. The Bertz CT molecular complexity index is 832. The first-order valence-corrected chi connectivity index (χ1v) is 10.7. The summed E-state index contributed by atoms with van der Waals surface area (Å²) in [4.78, 5) is 17.4. The van der Waals surface area contributed by atoms with Crippen molar-refractivity contribution in [2.24, 2.45) is 10.6 Å². The number of carbonyl (C=O) groups excluding carboxylic acids is 1. The summed E-state index contributed by atoms with van der Waals surface area (Å²) in [5, 5.41) is 7.10. The van der Waals surface area contributed by atoms with Crippen LogP contribution in [0.25, 0.3) is 0 Å². The van der Waals surface area contributed by atoms with Crippen molar-refractivity contribution in [2.45, 2.75) is 30.9 Å². The summed E-state index contributed by atoms with van der Waals surface area (Å²) in [7, 11) is 0. The maximum absolute atomic E-state index is 12.0. The lowest BCUT2D eigenvalue weighted by molar-refractivity contribution is -0.120. The van der Waals surface area contributed by atoms with Gasteiger partial charge in [0.25, 0.3) is 5.91 Å². The fraction of sp³-hybridized carbons (Fsp3) is 0.368. The molecule has 1 aliphatic rings.